The van der Waals surface area contributed by atoms with Gasteiger partial charge in [0.05, 0.1) is 17.4 Å². The van der Waals surface area contributed by atoms with Crippen LogP contribution in [0.2, 0.25) is 0 Å². The molecule has 0 atom stereocenters. The van der Waals surface area contributed by atoms with Gasteiger partial charge in [0, 0.05) is 6.92 Å². The molecule has 0 aliphatic rings. The summed E-state index contributed by atoms with van der Waals surface area (Å²) in [6.45, 7) is 1.67. The van der Waals surface area contributed by atoms with Crippen molar-refractivity contribution in [2.75, 3.05) is 5.73 Å². The molecule has 2 rings (SSSR count). The molecule has 1 amide bonds. The lowest BCUT2D eigenvalue weighted by molar-refractivity contribution is 0.0997. The maximum Gasteiger partial charge on any atom is 0.282 e. The van der Waals surface area contributed by atoms with Crippen molar-refractivity contribution in [2.24, 2.45) is 5.73 Å². The van der Waals surface area contributed by atoms with E-state index >= 15 is 0 Å². The standard InChI is InChI=1S/C9H9N5O2S/c1-4-13-14-9(16-4)17-8-6(7(11)15)2-5(10)3-12-8/h2-3H,10H2,1H3,(H2,11,15). The monoisotopic (exact) mass is 251 g/mol. The van der Waals surface area contributed by atoms with Crippen LogP contribution in [0.25, 0.3) is 0 Å². The Labute approximate surface area is 101 Å². The van der Waals surface area contributed by atoms with E-state index in [-0.39, 0.29) is 5.56 Å². The number of pyridine rings is 1. The van der Waals surface area contributed by atoms with Gasteiger partial charge in [0.1, 0.15) is 5.03 Å². The highest BCUT2D eigenvalue weighted by Crippen LogP contribution is 2.28. The summed E-state index contributed by atoms with van der Waals surface area (Å²) in [5.41, 5.74) is 11.4. The van der Waals surface area contributed by atoms with E-state index in [0.29, 0.717) is 21.8 Å². The van der Waals surface area contributed by atoms with Crippen LogP contribution >= 0.6 is 11.8 Å². The first-order chi connectivity index (χ1) is 8.06. The number of hydrogen-bond donors (Lipinski definition) is 2. The van der Waals surface area contributed by atoms with Crippen LogP contribution in [0.4, 0.5) is 5.69 Å². The van der Waals surface area contributed by atoms with Crippen LogP contribution in [0.3, 0.4) is 0 Å². The second-order valence-electron chi connectivity index (χ2n) is 3.17. The molecule has 4 N–H and O–H groups in total. The molecule has 2 heterocycles. The fraction of sp³-hybridized carbons (Fsp3) is 0.111. The number of nitrogen functional groups attached to an aromatic ring is 1. The minimum atomic E-state index is -0.608. The highest BCUT2D eigenvalue weighted by molar-refractivity contribution is 7.99. The van der Waals surface area contributed by atoms with Gasteiger partial charge in [0.15, 0.2) is 0 Å². The Morgan fingerprint density at radius 3 is 2.82 bits per heavy atom. The molecule has 0 saturated carbocycles. The fourth-order valence-electron chi connectivity index (χ4n) is 1.13. The van der Waals surface area contributed by atoms with Gasteiger partial charge >= 0.3 is 0 Å². The maximum absolute atomic E-state index is 11.2. The van der Waals surface area contributed by atoms with E-state index in [2.05, 4.69) is 15.2 Å². The third kappa shape index (κ3) is 2.53. The highest BCUT2D eigenvalue weighted by Gasteiger charge is 2.14. The maximum atomic E-state index is 11.2. The van der Waals surface area contributed by atoms with Gasteiger partial charge < -0.3 is 15.9 Å². The summed E-state index contributed by atoms with van der Waals surface area (Å²) in [6, 6.07) is 1.46. The SMILES string of the molecule is Cc1nnc(Sc2ncc(N)cc2C(N)=O)o1. The fourth-order valence-corrected chi connectivity index (χ4v) is 1.91. The van der Waals surface area contributed by atoms with Gasteiger partial charge in [-0.25, -0.2) is 4.98 Å². The molecule has 0 aliphatic heterocycles. The molecule has 0 bridgehead atoms. The Bertz CT molecular complexity index is 568. The number of nitrogens with zero attached hydrogens (tertiary/aromatic N) is 3. The minimum absolute atomic E-state index is 0.228. The molecule has 7 nitrogen and oxygen atoms in total. The Balaban J connectivity index is 2.35. The highest BCUT2D eigenvalue weighted by atomic mass is 32.2. The van der Waals surface area contributed by atoms with Crippen LogP contribution in [0.5, 0.6) is 0 Å². The Morgan fingerprint density at radius 1 is 1.47 bits per heavy atom. The summed E-state index contributed by atoms with van der Waals surface area (Å²) in [7, 11) is 0. The summed E-state index contributed by atoms with van der Waals surface area (Å²) in [5, 5.41) is 8.13. The molecule has 8 heteroatoms. The Kier molecular flexibility index (Phi) is 2.96. The number of primary amides is 1. The summed E-state index contributed by atoms with van der Waals surface area (Å²) in [5.74, 6) is -0.174. The van der Waals surface area contributed by atoms with Crippen molar-refractivity contribution in [1.82, 2.24) is 15.2 Å². The number of carbonyl (C=O) groups excluding carboxylic acids is 1. The largest absolute Gasteiger partial charge is 0.416 e. The third-order valence-corrected chi connectivity index (χ3v) is 2.69. The van der Waals surface area contributed by atoms with E-state index in [9.17, 15) is 4.79 Å². The predicted octanol–water partition coefficient (Wildman–Crippen LogP) is 0.605. The number of aromatic nitrogens is 3. The smallest absolute Gasteiger partial charge is 0.282 e. The molecule has 0 saturated heterocycles. The average Bonchev–Trinajstić information content (AvgIpc) is 2.66. The van der Waals surface area contributed by atoms with Crippen LogP contribution in [0.1, 0.15) is 16.2 Å². The zero-order chi connectivity index (χ0) is 12.4. The van der Waals surface area contributed by atoms with E-state index in [1.165, 1.54) is 12.3 Å². The van der Waals surface area contributed by atoms with Crippen molar-refractivity contribution in [3.05, 3.63) is 23.7 Å². The van der Waals surface area contributed by atoms with Crippen LogP contribution in [-0.4, -0.2) is 21.1 Å². The van der Waals surface area contributed by atoms with E-state index in [1.54, 1.807) is 6.92 Å². The molecule has 0 fully saturated rings. The number of hydrogen-bond acceptors (Lipinski definition) is 7. The number of rotatable bonds is 3. The van der Waals surface area contributed by atoms with E-state index in [0.717, 1.165) is 11.8 Å². The second-order valence-corrected chi connectivity index (χ2v) is 4.11. The first kappa shape index (κ1) is 11.4. The van der Waals surface area contributed by atoms with Crippen LogP contribution in [-0.2, 0) is 0 Å². The third-order valence-electron chi connectivity index (χ3n) is 1.83. The number of carbonyl (C=O) groups is 1. The number of aryl methyl sites for hydroxylation is 1. The molecule has 17 heavy (non-hydrogen) atoms. The molecule has 0 spiro atoms. The van der Waals surface area contributed by atoms with Crippen LogP contribution in [0.15, 0.2) is 26.9 Å². The topological polar surface area (TPSA) is 121 Å². The van der Waals surface area contributed by atoms with Crippen molar-refractivity contribution >= 4 is 23.4 Å². The second kappa shape index (κ2) is 4.42. The zero-order valence-electron chi connectivity index (χ0n) is 8.88. The van der Waals surface area contributed by atoms with Crippen LogP contribution < -0.4 is 11.5 Å². The van der Waals surface area contributed by atoms with Gasteiger partial charge in [-0.3, -0.25) is 4.79 Å². The normalized spacial score (nSPS) is 10.4. The summed E-state index contributed by atoms with van der Waals surface area (Å²) in [6.07, 6.45) is 1.43. The van der Waals surface area contributed by atoms with Gasteiger partial charge in [-0.2, -0.15) is 0 Å². The van der Waals surface area contributed by atoms with Crippen molar-refractivity contribution < 1.29 is 9.21 Å². The van der Waals surface area contributed by atoms with Crippen molar-refractivity contribution in [3.63, 3.8) is 0 Å². The Hall–Kier alpha value is -2.09. The van der Waals surface area contributed by atoms with E-state index in [4.69, 9.17) is 15.9 Å². The summed E-state index contributed by atoms with van der Waals surface area (Å²) < 4.78 is 5.17. The minimum Gasteiger partial charge on any atom is -0.416 e. The number of amides is 1. The summed E-state index contributed by atoms with van der Waals surface area (Å²) in [4.78, 5) is 15.2. The first-order valence-corrected chi connectivity index (χ1v) is 5.41. The van der Waals surface area contributed by atoms with Gasteiger partial charge in [-0.05, 0) is 17.8 Å². The molecule has 2 aromatic rings. The number of nitrogens with two attached hydrogens (primary N) is 2. The lowest BCUT2D eigenvalue weighted by Gasteiger charge is -2.03. The molecular formula is C9H9N5O2S. The van der Waals surface area contributed by atoms with Gasteiger partial charge in [-0.15, -0.1) is 10.2 Å². The van der Waals surface area contributed by atoms with Crippen molar-refractivity contribution in [2.45, 2.75) is 17.2 Å². The zero-order valence-corrected chi connectivity index (χ0v) is 9.69. The van der Waals surface area contributed by atoms with Crippen molar-refractivity contribution in [3.8, 4) is 0 Å². The van der Waals surface area contributed by atoms with Crippen LogP contribution in [0, 0.1) is 6.92 Å². The molecule has 0 aliphatic carbocycles. The molecule has 0 unspecified atom stereocenters. The molecule has 0 aromatic carbocycles. The van der Waals surface area contributed by atoms with Gasteiger partial charge in [0.2, 0.25) is 5.89 Å². The summed E-state index contributed by atoms with van der Waals surface area (Å²) >= 11 is 1.06. The molecular weight excluding hydrogens is 242 g/mol. The van der Waals surface area contributed by atoms with E-state index in [1.807, 2.05) is 0 Å². The lowest BCUT2D eigenvalue weighted by atomic mass is 10.2. The van der Waals surface area contributed by atoms with E-state index < -0.39 is 5.91 Å². The Morgan fingerprint density at radius 2 is 2.24 bits per heavy atom. The number of anilines is 1. The molecule has 0 radical (unpaired) electrons. The van der Waals surface area contributed by atoms with Gasteiger partial charge in [0.25, 0.3) is 11.1 Å². The lowest BCUT2D eigenvalue weighted by Crippen LogP contribution is -2.13. The predicted molar refractivity (Wildman–Crippen MR) is 60.3 cm³/mol. The first-order valence-electron chi connectivity index (χ1n) is 4.59. The van der Waals surface area contributed by atoms with Gasteiger partial charge in [-0.1, -0.05) is 0 Å². The van der Waals surface area contributed by atoms with Crippen molar-refractivity contribution in [1.29, 1.82) is 0 Å². The quantitative estimate of drug-likeness (QED) is 0.819. The average molecular weight is 251 g/mol. The molecule has 88 valence electrons. The molecule has 2 aromatic heterocycles.